The fraction of sp³-hybridized carbons (Fsp3) is 1.00. The first kappa shape index (κ1) is 8.55. The van der Waals surface area contributed by atoms with Gasteiger partial charge >= 0.3 is 0 Å². The molecule has 1 aliphatic carbocycles. The third-order valence-corrected chi connectivity index (χ3v) is 4.14. The molecule has 1 unspecified atom stereocenters. The highest BCUT2D eigenvalue weighted by molar-refractivity contribution is 5.07. The fourth-order valence-electron chi connectivity index (χ4n) is 2.79. The molecule has 1 heteroatoms. The SMILES string of the molecule is CC(C)C1CCC2(CC1)CN2C. The zero-order valence-corrected chi connectivity index (χ0v) is 8.64. The van der Waals surface area contributed by atoms with Crippen LogP contribution >= 0.6 is 0 Å². The summed E-state index contributed by atoms with van der Waals surface area (Å²) in [6.07, 6.45) is 5.88. The highest BCUT2D eigenvalue weighted by Gasteiger charge is 2.50. The first-order valence-corrected chi connectivity index (χ1v) is 5.35. The normalized spacial score (nSPS) is 47.0. The molecule has 1 saturated heterocycles. The van der Waals surface area contributed by atoms with Gasteiger partial charge in [0.05, 0.1) is 0 Å². The topological polar surface area (TPSA) is 3.01 Å². The van der Waals surface area contributed by atoms with E-state index in [2.05, 4.69) is 25.8 Å². The summed E-state index contributed by atoms with van der Waals surface area (Å²) in [4.78, 5) is 2.53. The minimum atomic E-state index is 0.686. The van der Waals surface area contributed by atoms with E-state index >= 15 is 0 Å². The van der Waals surface area contributed by atoms with E-state index in [0.717, 1.165) is 11.8 Å². The smallest absolute Gasteiger partial charge is 0.0334 e. The third kappa shape index (κ3) is 1.28. The average molecular weight is 167 g/mol. The van der Waals surface area contributed by atoms with Gasteiger partial charge in [-0.05, 0) is 44.6 Å². The Bertz CT molecular complexity index is 166. The molecule has 12 heavy (non-hydrogen) atoms. The van der Waals surface area contributed by atoms with E-state index in [1.165, 1.54) is 32.2 Å². The molecule has 0 aromatic rings. The summed E-state index contributed by atoms with van der Waals surface area (Å²) in [6, 6.07) is 0. The van der Waals surface area contributed by atoms with Crippen LogP contribution in [0.5, 0.6) is 0 Å². The van der Waals surface area contributed by atoms with Gasteiger partial charge in [0.2, 0.25) is 0 Å². The largest absolute Gasteiger partial charge is 0.298 e. The molecule has 1 nitrogen and oxygen atoms in total. The Morgan fingerprint density at radius 2 is 1.75 bits per heavy atom. The summed E-state index contributed by atoms with van der Waals surface area (Å²) in [5.74, 6) is 1.93. The molecule has 1 atom stereocenters. The Kier molecular flexibility index (Phi) is 1.95. The minimum absolute atomic E-state index is 0.686. The van der Waals surface area contributed by atoms with E-state index in [9.17, 15) is 0 Å². The van der Waals surface area contributed by atoms with Crippen molar-refractivity contribution in [1.29, 1.82) is 0 Å². The molecular formula is C11H21N. The highest BCUT2D eigenvalue weighted by atomic mass is 15.3. The first-order valence-electron chi connectivity index (χ1n) is 5.35. The lowest BCUT2D eigenvalue weighted by atomic mass is 9.76. The second-order valence-electron chi connectivity index (χ2n) is 5.16. The second kappa shape index (κ2) is 2.73. The van der Waals surface area contributed by atoms with Crippen molar-refractivity contribution in [1.82, 2.24) is 4.90 Å². The molecule has 0 radical (unpaired) electrons. The van der Waals surface area contributed by atoms with Crippen molar-refractivity contribution in [3.8, 4) is 0 Å². The molecule has 2 rings (SSSR count). The van der Waals surface area contributed by atoms with Crippen LogP contribution in [0.25, 0.3) is 0 Å². The van der Waals surface area contributed by atoms with E-state index < -0.39 is 0 Å². The van der Waals surface area contributed by atoms with Crippen LogP contribution in [-0.4, -0.2) is 24.0 Å². The molecule has 0 aromatic carbocycles. The van der Waals surface area contributed by atoms with Gasteiger partial charge in [-0.25, -0.2) is 0 Å². The van der Waals surface area contributed by atoms with Gasteiger partial charge in [0.15, 0.2) is 0 Å². The van der Waals surface area contributed by atoms with Gasteiger partial charge in [-0.2, -0.15) is 0 Å². The number of rotatable bonds is 1. The van der Waals surface area contributed by atoms with Gasteiger partial charge in [0, 0.05) is 12.1 Å². The Balaban J connectivity index is 1.86. The van der Waals surface area contributed by atoms with Crippen LogP contribution in [0.2, 0.25) is 0 Å². The Hall–Kier alpha value is -0.0400. The van der Waals surface area contributed by atoms with Crippen molar-refractivity contribution < 1.29 is 0 Å². The van der Waals surface area contributed by atoms with Crippen LogP contribution in [0.3, 0.4) is 0 Å². The van der Waals surface area contributed by atoms with E-state index in [-0.39, 0.29) is 0 Å². The molecule has 1 spiro atoms. The zero-order valence-electron chi connectivity index (χ0n) is 8.64. The van der Waals surface area contributed by atoms with E-state index in [1.54, 1.807) is 0 Å². The van der Waals surface area contributed by atoms with Crippen LogP contribution in [0, 0.1) is 11.8 Å². The molecule has 0 bridgehead atoms. The van der Waals surface area contributed by atoms with Crippen LogP contribution in [0.15, 0.2) is 0 Å². The molecule has 1 aliphatic heterocycles. The molecule has 1 heterocycles. The molecule has 1 saturated carbocycles. The van der Waals surface area contributed by atoms with Gasteiger partial charge in [-0.15, -0.1) is 0 Å². The summed E-state index contributed by atoms with van der Waals surface area (Å²) in [5, 5.41) is 0. The van der Waals surface area contributed by atoms with Crippen molar-refractivity contribution >= 4 is 0 Å². The quantitative estimate of drug-likeness (QED) is 0.542. The van der Waals surface area contributed by atoms with Gasteiger partial charge in [0.1, 0.15) is 0 Å². The van der Waals surface area contributed by atoms with E-state index in [0.29, 0.717) is 5.54 Å². The predicted molar refractivity (Wildman–Crippen MR) is 52.2 cm³/mol. The lowest BCUT2D eigenvalue weighted by molar-refractivity contribution is 0.221. The first-order chi connectivity index (χ1) is 5.64. The maximum absolute atomic E-state index is 2.53. The number of hydrogen-bond donors (Lipinski definition) is 0. The van der Waals surface area contributed by atoms with Crippen LogP contribution < -0.4 is 0 Å². The van der Waals surface area contributed by atoms with Crippen LogP contribution in [-0.2, 0) is 0 Å². The number of nitrogens with zero attached hydrogens (tertiary/aromatic N) is 1. The lowest BCUT2D eigenvalue weighted by Gasteiger charge is -2.31. The van der Waals surface area contributed by atoms with Gasteiger partial charge in [-0.1, -0.05) is 13.8 Å². The summed E-state index contributed by atoms with van der Waals surface area (Å²) < 4.78 is 0. The van der Waals surface area contributed by atoms with E-state index in [1.807, 2.05) is 0 Å². The Labute approximate surface area is 76.1 Å². The summed E-state index contributed by atoms with van der Waals surface area (Å²) in [5.41, 5.74) is 0.686. The number of likely N-dealkylation sites (N-methyl/N-ethyl adjacent to an activating group) is 1. The Morgan fingerprint density at radius 3 is 2.08 bits per heavy atom. The minimum Gasteiger partial charge on any atom is -0.298 e. The molecule has 0 N–H and O–H groups in total. The van der Waals surface area contributed by atoms with E-state index in [4.69, 9.17) is 0 Å². The van der Waals surface area contributed by atoms with Gasteiger partial charge in [-0.3, -0.25) is 4.90 Å². The second-order valence-corrected chi connectivity index (χ2v) is 5.16. The summed E-state index contributed by atoms with van der Waals surface area (Å²) >= 11 is 0. The van der Waals surface area contributed by atoms with Crippen molar-refractivity contribution in [2.24, 2.45) is 11.8 Å². The molecule has 0 aromatic heterocycles. The molecular weight excluding hydrogens is 146 g/mol. The van der Waals surface area contributed by atoms with Crippen molar-refractivity contribution in [3.05, 3.63) is 0 Å². The molecule has 0 amide bonds. The Morgan fingerprint density at radius 1 is 1.25 bits per heavy atom. The molecule has 70 valence electrons. The van der Waals surface area contributed by atoms with Gasteiger partial charge < -0.3 is 0 Å². The van der Waals surface area contributed by atoms with Gasteiger partial charge in [0.25, 0.3) is 0 Å². The maximum Gasteiger partial charge on any atom is 0.0334 e. The average Bonchev–Trinajstić information content (AvgIpc) is 2.62. The third-order valence-electron chi connectivity index (χ3n) is 4.14. The predicted octanol–water partition coefficient (Wildman–Crippen LogP) is 2.52. The number of hydrogen-bond acceptors (Lipinski definition) is 1. The van der Waals surface area contributed by atoms with Crippen molar-refractivity contribution in [3.63, 3.8) is 0 Å². The lowest BCUT2D eigenvalue weighted by Crippen LogP contribution is -2.27. The van der Waals surface area contributed by atoms with Crippen molar-refractivity contribution in [2.45, 2.75) is 45.1 Å². The van der Waals surface area contributed by atoms with Crippen LogP contribution in [0.1, 0.15) is 39.5 Å². The fourth-order valence-corrected chi connectivity index (χ4v) is 2.79. The van der Waals surface area contributed by atoms with Crippen LogP contribution in [0.4, 0.5) is 0 Å². The summed E-state index contributed by atoms with van der Waals surface area (Å²) in [7, 11) is 2.27. The molecule has 2 aliphatic rings. The standard InChI is InChI=1S/C11H21N/c1-9(2)10-4-6-11(7-5-10)8-12(11)3/h9-10H,4-8H2,1-3H3. The summed E-state index contributed by atoms with van der Waals surface area (Å²) in [6.45, 7) is 6.12. The van der Waals surface area contributed by atoms with Crippen molar-refractivity contribution in [2.75, 3.05) is 13.6 Å². The monoisotopic (exact) mass is 167 g/mol. The zero-order chi connectivity index (χ0) is 8.77. The highest BCUT2D eigenvalue weighted by Crippen LogP contribution is 2.46. The maximum atomic E-state index is 2.53. The molecule has 2 fully saturated rings.